The fourth-order valence-corrected chi connectivity index (χ4v) is 2.88. The van der Waals surface area contributed by atoms with Crippen LogP contribution in [-0.4, -0.2) is 28.7 Å². The maximum absolute atomic E-state index is 12.6. The number of rotatable bonds is 8. The third-order valence-electron chi connectivity index (χ3n) is 4.93. The van der Waals surface area contributed by atoms with Crippen molar-refractivity contribution in [3.63, 3.8) is 0 Å². The lowest BCUT2D eigenvalue weighted by molar-refractivity contribution is -0.156. The summed E-state index contributed by atoms with van der Waals surface area (Å²) in [4.78, 5) is 23.5. The first kappa shape index (κ1) is 20.1. The molecule has 6 heteroatoms. The number of amides is 1. The summed E-state index contributed by atoms with van der Waals surface area (Å²) in [6.45, 7) is 4.41. The Morgan fingerprint density at radius 1 is 1.27 bits per heavy atom. The van der Waals surface area contributed by atoms with Gasteiger partial charge in [0.1, 0.15) is 11.6 Å². The van der Waals surface area contributed by atoms with Gasteiger partial charge in [-0.1, -0.05) is 31.2 Å². The standard InChI is InChI=1S/C20H28N2O4/c1-3-20(2,19(24)26-17-6-4-5-7-17)21-14-16-10-8-15(9-11-16)12-13-18(23)22-25/h8-13,17,21,25H,3-7,14H2,1-2H3,(H,22,23). The molecular formula is C20H28N2O4. The van der Waals surface area contributed by atoms with Crippen molar-refractivity contribution >= 4 is 18.0 Å². The Morgan fingerprint density at radius 3 is 2.50 bits per heavy atom. The van der Waals surface area contributed by atoms with E-state index in [1.165, 1.54) is 6.08 Å². The predicted octanol–water partition coefficient (Wildman–Crippen LogP) is 2.95. The fourth-order valence-electron chi connectivity index (χ4n) is 2.88. The van der Waals surface area contributed by atoms with Crippen LogP contribution in [0.15, 0.2) is 30.3 Å². The van der Waals surface area contributed by atoms with Crippen LogP contribution in [0.2, 0.25) is 0 Å². The highest BCUT2D eigenvalue weighted by Crippen LogP contribution is 2.24. The molecule has 1 saturated carbocycles. The van der Waals surface area contributed by atoms with Gasteiger partial charge in [-0.3, -0.25) is 20.1 Å². The molecule has 1 unspecified atom stereocenters. The highest BCUT2D eigenvalue weighted by molar-refractivity contribution is 5.90. The van der Waals surface area contributed by atoms with E-state index in [1.807, 2.05) is 38.1 Å². The lowest BCUT2D eigenvalue weighted by Crippen LogP contribution is -2.50. The smallest absolute Gasteiger partial charge is 0.326 e. The lowest BCUT2D eigenvalue weighted by Gasteiger charge is -2.29. The molecule has 1 atom stereocenters. The molecule has 0 aliphatic heterocycles. The van der Waals surface area contributed by atoms with Gasteiger partial charge in [-0.15, -0.1) is 0 Å². The number of hydrogen-bond donors (Lipinski definition) is 3. The van der Waals surface area contributed by atoms with Crippen molar-refractivity contribution < 1.29 is 19.5 Å². The highest BCUT2D eigenvalue weighted by atomic mass is 16.5. The largest absolute Gasteiger partial charge is 0.461 e. The molecule has 26 heavy (non-hydrogen) atoms. The summed E-state index contributed by atoms with van der Waals surface area (Å²) in [6, 6.07) is 7.61. The molecule has 1 aliphatic carbocycles. The number of nitrogens with one attached hydrogen (secondary N) is 2. The molecule has 1 amide bonds. The van der Waals surface area contributed by atoms with Crippen LogP contribution in [0.25, 0.3) is 6.08 Å². The van der Waals surface area contributed by atoms with E-state index in [1.54, 1.807) is 11.6 Å². The average molecular weight is 360 g/mol. The third kappa shape index (κ3) is 5.68. The summed E-state index contributed by atoms with van der Waals surface area (Å²) in [5.74, 6) is -0.753. The quantitative estimate of drug-likeness (QED) is 0.287. The maximum atomic E-state index is 12.6. The van der Waals surface area contributed by atoms with Gasteiger partial charge in [-0.05, 0) is 56.2 Å². The molecule has 1 aromatic rings. The summed E-state index contributed by atoms with van der Waals surface area (Å²) in [5, 5.41) is 11.8. The van der Waals surface area contributed by atoms with Crippen molar-refractivity contribution in [3.8, 4) is 0 Å². The molecule has 0 bridgehead atoms. The summed E-state index contributed by atoms with van der Waals surface area (Å²) in [5.41, 5.74) is 2.71. The third-order valence-corrected chi connectivity index (χ3v) is 4.93. The number of hydrogen-bond acceptors (Lipinski definition) is 5. The Bertz CT molecular complexity index is 636. The Labute approximate surface area is 154 Å². The molecular weight excluding hydrogens is 332 g/mol. The van der Waals surface area contributed by atoms with Gasteiger partial charge < -0.3 is 4.74 Å². The molecule has 0 saturated heterocycles. The minimum atomic E-state index is -0.708. The molecule has 1 fully saturated rings. The Kier molecular flexibility index (Phi) is 7.36. The minimum Gasteiger partial charge on any atom is -0.461 e. The van der Waals surface area contributed by atoms with E-state index in [0.29, 0.717) is 13.0 Å². The average Bonchev–Trinajstić information content (AvgIpc) is 3.17. The SMILES string of the molecule is CCC(C)(NCc1ccc(C=CC(=O)NO)cc1)C(=O)OC1CCCC1. The van der Waals surface area contributed by atoms with Gasteiger partial charge in [0, 0.05) is 12.6 Å². The van der Waals surface area contributed by atoms with Crippen molar-refractivity contribution in [1.29, 1.82) is 0 Å². The van der Waals surface area contributed by atoms with E-state index >= 15 is 0 Å². The van der Waals surface area contributed by atoms with Gasteiger partial charge in [0.25, 0.3) is 5.91 Å². The second kappa shape index (κ2) is 9.50. The van der Waals surface area contributed by atoms with Crippen LogP contribution in [0.5, 0.6) is 0 Å². The minimum absolute atomic E-state index is 0.0670. The molecule has 0 radical (unpaired) electrons. The number of hydroxylamine groups is 1. The molecule has 1 aromatic carbocycles. The Balaban J connectivity index is 1.91. The van der Waals surface area contributed by atoms with Crippen molar-refractivity contribution in [1.82, 2.24) is 10.8 Å². The zero-order chi connectivity index (χ0) is 19.0. The van der Waals surface area contributed by atoms with Gasteiger partial charge in [-0.2, -0.15) is 0 Å². The molecule has 1 aliphatic rings. The highest BCUT2D eigenvalue weighted by Gasteiger charge is 2.34. The van der Waals surface area contributed by atoms with E-state index in [0.717, 1.165) is 36.8 Å². The van der Waals surface area contributed by atoms with Crippen molar-refractivity contribution in [3.05, 3.63) is 41.5 Å². The zero-order valence-electron chi connectivity index (χ0n) is 15.5. The first-order valence-electron chi connectivity index (χ1n) is 9.14. The number of ether oxygens (including phenoxy) is 1. The Hall–Kier alpha value is -2.18. The van der Waals surface area contributed by atoms with Crippen LogP contribution >= 0.6 is 0 Å². The maximum Gasteiger partial charge on any atom is 0.326 e. The molecule has 2 rings (SSSR count). The molecule has 0 heterocycles. The summed E-state index contributed by atoms with van der Waals surface area (Å²) in [6.07, 6.45) is 7.78. The summed E-state index contributed by atoms with van der Waals surface area (Å²) >= 11 is 0. The van der Waals surface area contributed by atoms with E-state index in [4.69, 9.17) is 9.94 Å². The lowest BCUT2D eigenvalue weighted by atomic mass is 9.98. The monoisotopic (exact) mass is 360 g/mol. The second-order valence-corrected chi connectivity index (χ2v) is 6.90. The number of carbonyl (C=O) groups excluding carboxylic acids is 2. The molecule has 6 nitrogen and oxygen atoms in total. The topological polar surface area (TPSA) is 87.7 Å². The summed E-state index contributed by atoms with van der Waals surface area (Å²) in [7, 11) is 0. The van der Waals surface area contributed by atoms with Gasteiger partial charge in [0.05, 0.1) is 0 Å². The van der Waals surface area contributed by atoms with Gasteiger partial charge in [0.2, 0.25) is 0 Å². The fraction of sp³-hybridized carbons (Fsp3) is 0.500. The molecule has 142 valence electrons. The number of benzene rings is 1. The predicted molar refractivity (Wildman–Crippen MR) is 99.3 cm³/mol. The van der Waals surface area contributed by atoms with E-state index in [9.17, 15) is 9.59 Å². The first-order valence-corrected chi connectivity index (χ1v) is 9.14. The molecule has 0 aromatic heterocycles. The number of carbonyl (C=O) groups is 2. The second-order valence-electron chi connectivity index (χ2n) is 6.90. The first-order chi connectivity index (χ1) is 12.5. The Morgan fingerprint density at radius 2 is 1.92 bits per heavy atom. The van der Waals surface area contributed by atoms with Crippen LogP contribution in [0.4, 0.5) is 0 Å². The molecule has 0 spiro atoms. The van der Waals surface area contributed by atoms with Crippen LogP contribution < -0.4 is 10.8 Å². The van der Waals surface area contributed by atoms with Crippen LogP contribution in [-0.2, 0) is 20.9 Å². The van der Waals surface area contributed by atoms with Crippen LogP contribution in [0.1, 0.15) is 57.1 Å². The van der Waals surface area contributed by atoms with Gasteiger partial charge in [-0.25, -0.2) is 5.48 Å². The zero-order valence-corrected chi connectivity index (χ0v) is 15.5. The normalized spacial score (nSPS) is 17.2. The van der Waals surface area contributed by atoms with E-state index in [2.05, 4.69) is 5.32 Å². The molecule has 3 N–H and O–H groups in total. The van der Waals surface area contributed by atoms with Gasteiger partial charge in [0.15, 0.2) is 0 Å². The van der Waals surface area contributed by atoms with Crippen molar-refractivity contribution in [2.75, 3.05) is 0 Å². The van der Waals surface area contributed by atoms with Crippen molar-refractivity contribution in [2.24, 2.45) is 0 Å². The van der Waals surface area contributed by atoms with Gasteiger partial charge >= 0.3 is 5.97 Å². The van der Waals surface area contributed by atoms with Crippen LogP contribution in [0, 0.1) is 0 Å². The van der Waals surface area contributed by atoms with E-state index in [-0.39, 0.29) is 12.1 Å². The number of esters is 1. The van der Waals surface area contributed by atoms with Crippen LogP contribution in [0.3, 0.4) is 0 Å². The van der Waals surface area contributed by atoms with E-state index < -0.39 is 11.4 Å². The van der Waals surface area contributed by atoms with Crippen molar-refractivity contribution in [2.45, 2.75) is 64.1 Å². The summed E-state index contributed by atoms with van der Waals surface area (Å²) < 4.78 is 5.67.